The molecule has 0 radical (unpaired) electrons. The lowest BCUT2D eigenvalue weighted by Crippen LogP contribution is -2.33. The highest BCUT2D eigenvalue weighted by molar-refractivity contribution is 5.09. The number of nitrogens with one attached hydrogen (secondary N) is 1. The van der Waals surface area contributed by atoms with Gasteiger partial charge in [-0.1, -0.05) is 13.8 Å². The topological polar surface area (TPSA) is 39.1 Å². The first-order chi connectivity index (χ1) is 8.28. The third kappa shape index (κ3) is 3.54. The van der Waals surface area contributed by atoms with Crippen LogP contribution in [0.3, 0.4) is 0 Å². The van der Waals surface area contributed by atoms with E-state index in [4.69, 9.17) is 4.74 Å². The highest BCUT2D eigenvalue weighted by Crippen LogP contribution is 2.21. The Hall–Kier alpha value is -0.870. The maximum atomic E-state index is 5.80. The molecule has 2 atom stereocenters. The molecule has 1 aromatic rings. The molecule has 0 aliphatic rings. The maximum absolute atomic E-state index is 5.80. The average molecular weight is 239 g/mol. The van der Waals surface area contributed by atoms with E-state index in [2.05, 4.69) is 35.0 Å². The summed E-state index contributed by atoms with van der Waals surface area (Å²) < 4.78 is 7.87. The van der Waals surface area contributed by atoms with Crippen molar-refractivity contribution in [2.75, 3.05) is 13.7 Å². The van der Waals surface area contributed by atoms with Gasteiger partial charge in [0.25, 0.3) is 0 Å². The highest BCUT2D eigenvalue weighted by Gasteiger charge is 2.23. The van der Waals surface area contributed by atoms with Crippen molar-refractivity contribution < 1.29 is 4.74 Å². The van der Waals surface area contributed by atoms with Crippen molar-refractivity contribution in [3.05, 3.63) is 18.0 Å². The standard InChI is InChI=1S/C13H25N3O/c1-5-10-16-11(8-9-15-16)13(14-4)12(6-2)17-7-3/h8-9,12-14H,5-7,10H2,1-4H3. The second kappa shape index (κ2) is 7.45. The fraction of sp³-hybridized carbons (Fsp3) is 0.769. The van der Waals surface area contributed by atoms with Crippen LogP contribution in [0.2, 0.25) is 0 Å². The summed E-state index contributed by atoms with van der Waals surface area (Å²) >= 11 is 0. The predicted octanol–water partition coefficient (Wildman–Crippen LogP) is 2.37. The summed E-state index contributed by atoms with van der Waals surface area (Å²) in [5.41, 5.74) is 1.22. The van der Waals surface area contributed by atoms with Gasteiger partial charge in [0.2, 0.25) is 0 Å². The Bertz CT molecular complexity index is 311. The minimum absolute atomic E-state index is 0.206. The van der Waals surface area contributed by atoms with Crippen molar-refractivity contribution in [2.45, 2.75) is 52.3 Å². The molecule has 0 aliphatic heterocycles. The minimum Gasteiger partial charge on any atom is -0.376 e. The van der Waals surface area contributed by atoms with Crippen molar-refractivity contribution in [2.24, 2.45) is 0 Å². The first-order valence-corrected chi connectivity index (χ1v) is 6.58. The summed E-state index contributed by atoms with van der Waals surface area (Å²) in [5.74, 6) is 0. The molecule has 2 unspecified atom stereocenters. The van der Waals surface area contributed by atoms with E-state index in [1.165, 1.54) is 5.69 Å². The molecule has 0 aromatic carbocycles. The van der Waals surface area contributed by atoms with Gasteiger partial charge >= 0.3 is 0 Å². The van der Waals surface area contributed by atoms with Gasteiger partial charge in [-0.2, -0.15) is 5.10 Å². The predicted molar refractivity (Wildman–Crippen MR) is 70.0 cm³/mol. The van der Waals surface area contributed by atoms with Crippen LogP contribution in [0, 0.1) is 0 Å². The van der Waals surface area contributed by atoms with Crippen molar-refractivity contribution in [1.29, 1.82) is 0 Å². The van der Waals surface area contributed by atoms with Crippen LogP contribution in [0.1, 0.15) is 45.3 Å². The van der Waals surface area contributed by atoms with E-state index in [0.29, 0.717) is 0 Å². The fourth-order valence-corrected chi connectivity index (χ4v) is 2.19. The van der Waals surface area contributed by atoms with E-state index in [1.807, 2.05) is 20.2 Å². The Morgan fingerprint density at radius 2 is 2.18 bits per heavy atom. The number of likely N-dealkylation sites (N-methyl/N-ethyl adjacent to an activating group) is 1. The van der Waals surface area contributed by atoms with E-state index in [9.17, 15) is 0 Å². The largest absolute Gasteiger partial charge is 0.376 e. The first-order valence-electron chi connectivity index (χ1n) is 6.58. The van der Waals surface area contributed by atoms with Gasteiger partial charge in [-0.3, -0.25) is 4.68 Å². The van der Waals surface area contributed by atoms with E-state index in [1.54, 1.807) is 0 Å². The van der Waals surface area contributed by atoms with Gasteiger partial charge < -0.3 is 10.1 Å². The fourth-order valence-electron chi connectivity index (χ4n) is 2.19. The van der Waals surface area contributed by atoms with Crippen LogP contribution in [0.15, 0.2) is 12.3 Å². The molecule has 0 saturated carbocycles. The van der Waals surface area contributed by atoms with Crippen LogP contribution in [-0.2, 0) is 11.3 Å². The SMILES string of the molecule is CCCn1nccc1C(NC)C(CC)OCC. The Morgan fingerprint density at radius 3 is 2.71 bits per heavy atom. The lowest BCUT2D eigenvalue weighted by molar-refractivity contribution is 0.0311. The number of aryl methyl sites for hydroxylation is 1. The van der Waals surface area contributed by atoms with Crippen LogP contribution in [-0.4, -0.2) is 29.5 Å². The summed E-state index contributed by atoms with van der Waals surface area (Å²) in [6.07, 6.45) is 4.17. The first kappa shape index (κ1) is 14.2. The van der Waals surface area contributed by atoms with Gasteiger partial charge in [0.15, 0.2) is 0 Å². The van der Waals surface area contributed by atoms with Gasteiger partial charge in [0, 0.05) is 19.3 Å². The monoisotopic (exact) mass is 239 g/mol. The molecule has 4 heteroatoms. The summed E-state index contributed by atoms with van der Waals surface area (Å²) in [6, 6.07) is 2.30. The molecule has 98 valence electrons. The molecule has 1 aromatic heterocycles. The molecule has 0 spiro atoms. The van der Waals surface area contributed by atoms with Gasteiger partial charge in [0.1, 0.15) is 0 Å². The lowest BCUT2D eigenvalue weighted by atomic mass is 10.1. The van der Waals surface area contributed by atoms with Crippen molar-refractivity contribution in [1.82, 2.24) is 15.1 Å². The number of nitrogens with zero attached hydrogens (tertiary/aromatic N) is 2. The smallest absolute Gasteiger partial charge is 0.0782 e. The number of hydrogen-bond donors (Lipinski definition) is 1. The van der Waals surface area contributed by atoms with Crippen LogP contribution >= 0.6 is 0 Å². The van der Waals surface area contributed by atoms with Crippen molar-refractivity contribution in [3.8, 4) is 0 Å². The summed E-state index contributed by atoms with van der Waals surface area (Å²) in [7, 11) is 1.98. The number of aromatic nitrogens is 2. The zero-order valence-corrected chi connectivity index (χ0v) is 11.4. The molecule has 4 nitrogen and oxygen atoms in total. The number of hydrogen-bond acceptors (Lipinski definition) is 3. The Balaban J connectivity index is 2.86. The number of ether oxygens (including phenoxy) is 1. The van der Waals surface area contributed by atoms with Gasteiger partial charge in [-0.05, 0) is 32.9 Å². The molecule has 1 heterocycles. The summed E-state index contributed by atoms with van der Waals surface area (Å²) in [5, 5.41) is 7.73. The van der Waals surface area contributed by atoms with E-state index < -0.39 is 0 Å². The van der Waals surface area contributed by atoms with Gasteiger partial charge in [-0.25, -0.2) is 0 Å². The zero-order chi connectivity index (χ0) is 12.7. The van der Waals surface area contributed by atoms with Crippen molar-refractivity contribution in [3.63, 3.8) is 0 Å². The quantitative estimate of drug-likeness (QED) is 0.757. The zero-order valence-electron chi connectivity index (χ0n) is 11.4. The van der Waals surface area contributed by atoms with Crippen molar-refractivity contribution >= 4 is 0 Å². The second-order valence-electron chi connectivity index (χ2n) is 4.15. The van der Waals surface area contributed by atoms with E-state index in [0.717, 1.165) is 26.0 Å². The Morgan fingerprint density at radius 1 is 1.41 bits per heavy atom. The minimum atomic E-state index is 0.206. The third-order valence-electron chi connectivity index (χ3n) is 2.97. The molecule has 1 rings (SSSR count). The molecule has 0 saturated heterocycles. The average Bonchev–Trinajstić information content (AvgIpc) is 2.78. The Labute approximate surface area is 104 Å². The van der Waals surface area contributed by atoms with Crippen LogP contribution in [0.4, 0.5) is 0 Å². The molecule has 0 aliphatic carbocycles. The molecular weight excluding hydrogens is 214 g/mol. The molecule has 0 bridgehead atoms. The molecule has 0 fully saturated rings. The normalized spacial score (nSPS) is 14.8. The maximum Gasteiger partial charge on any atom is 0.0782 e. The number of rotatable bonds is 8. The molecule has 17 heavy (non-hydrogen) atoms. The van der Waals surface area contributed by atoms with Crippen LogP contribution < -0.4 is 5.32 Å². The third-order valence-corrected chi connectivity index (χ3v) is 2.97. The van der Waals surface area contributed by atoms with Crippen LogP contribution in [0.5, 0.6) is 0 Å². The second-order valence-corrected chi connectivity index (χ2v) is 4.15. The Kier molecular flexibility index (Phi) is 6.22. The molecular formula is C13H25N3O. The van der Waals surface area contributed by atoms with Gasteiger partial charge in [0.05, 0.1) is 17.8 Å². The molecule has 0 amide bonds. The summed E-state index contributed by atoms with van der Waals surface area (Å²) in [4.78, 5) is 0. The van der Waals surface area contributed by atoms with E-state index >= 15 is 0 Å². The van der Waals surface area contributed by atoms with Crippen LogP contribution in [0.25, 0.3) is 0 Å². The lowest BCUT2D eigenvalue weighted by Gasteiger charge is -2.26. The summed E-state index contributed by atoms with van der Waals surface area (Å²) in [6.45, 7) is 8.07. The highest BCUT2D eigenvalue weighted by atomic mass is 16.5. The van der Waals surface area contributed by atoms with E-state index in [-0.39, 0.29) is 12.1 Å². The van der Waals surface area contributed by atoms with Gasteiger partial charge in [-0.15, -0.1) is 0 Å². The molecule has 1 N–H and O–H groups in total.